The molecule has 0 fully saturated rings. The monoisotopic (exact) mass is 338 g/mol. The third-order valence-corrected chi connectivity index (χ3v) is 1.42. The minimum atomic E-state index is -1.79. The van der Waals surface area contributed by atoms with Crippen LogP contribution in [-0.2, 0) is 38.9 Å². The molecule has 9 heteroatoms. The molecular weight excluding hydrogens is 327 g/mol. The first kappa shape index (κ1) is 25.9. The van der Waals surface area contributed by atoms with Crippen molar-refractivity contribution in [2.45, 2.75) is 24.4 Å². The summed E-state index contributed by atoms with van der Waals surface area (Å²) in [6.07, 6.45) is -6.84. The third-order valence-electron chi connectivity index (χ3n) is 1.42. The summed E-state index contributed by atoms with van der Waals surface area (Å²) in [6.45, 7) is -0.760. The fraction of sp³-hybridized carbons (Fsp3) is 0.833. The molecule has 0 aliphatic rings. The maximum atomic E-state index is 9.90. The Balaban J connectivity index is -0.000000202. The van der Waals surface area contributed by atoms with Crippen LogP contribution in [-0.4, -0.2) is 114 Å². The average molecular weight is 339 g/mol. The van der Waals surface area contributed by atoms with Gasteiger partial charge in [-0.05, 0) is 0 Å². The second-order valence-corrected chi connectivity index (χ2v) is 2.36. The molecule has 0 spiro atoms. The molecule has 0 saturated heterocycles. The van der Waals surface area contributed by atoms with E-state index in [0.717, 1.165) is 0 Å². The minimum absolute atomic E-state index is 0. The Labute approximate surface area is 151 Å². The number of hydrogen-bond donors (Lipinski definition) is 5. The van der Waals surface area contributed by atoms with E-state index in [4.69, 9.17) is 25.5 Å². The van der Waals surface area contributed by atoms with Crippen molar-refractivity contribution in [1.82, 2.24) is 0 Å². The Morgan fingerprint density at radius 2 is 1.47 bits per heavy atom. The van der Waals surface area contributed by atoms with Gasteiger partial charge >= 0.3 is 0 Å². The number of carbonyl (C=O) groups is 1. The van der Waals surface area contributed by atoms with E-state index >= 15 is 0 Å². The van der Waals surface area contributed by atoms with Crippen molar-refractivity contribution < 1.29 is 64.5 Å². The first-order valence-corrected chi connectivity index (χ1v) is 3.33. The summed E-state index contributed by atoms with van der Waals surface area (Å²) in [6, 6.07) is 0. The number of carbonyl (C=O) groups excluding carboxylic acids is 1. The number of aliphatic hydroxyl groups excluding tert-OH is 5. The SMILES string of the molecule is O=C[C@H](O)[C@@H](O)[C@H](O)[C@H](O)CO.[Cu].[Fe].[K]. The topological polar surface area (TPSA) is 118 Å². The molecular formula is C6H12CuFeKO6. The Kier molecular flexibility index (Phi) is 24.5. The van der Waals surface area contributed by atoms with E-state index in [1.807, 2.05) is 0 Å². The van der Waals surface area contributed by atoms with E-state index in [1.54, 1.807) is 0 Å². The van der Waals surface area contributed by atoms with Crippen molar-refractivity contribution >= 4 is 57.7 Å². The van der Waals surface area contributed by atoms with Gasteiger partial charge in [-0.25, -0.2) is 0 Å². The van der Waals surface area contributed by atoms with Gasteiger partial charge in [0, 0.05) is 85.5 Å². The maximum Gasteiger partial charge on any atom is 0.151 e. The Morgan fingerprint density at radius 1 is 1.07 bits per heavy atom. The minimum Gasteiger partial charge on any atom is -0.394 e. The van der Waals surface area contributed by atoms with Crippen LogP contribution in [0.1, 0.15) is 0 Å². The van der Waals surface area contributed by atoms with Crippen molar-refractivity contribution in [3.63, 3.8) is 0 Å². The molecule has 6 nitrogen and oxygen atoms in total. The van der Waals surface area contributed by atoms with Gasteiger partial charge in [-0.1, -0.05) is 0 Å². The van der Waals surface area contributed by atoms with Gasteiger partial charge in [0.2, 0.25) is 0 Å². The van der Waals surface area contributed by atoms with Crippen LogP contribution in [0.3, 0.4) is 0 Å². The van der Waals surface area contributed by atoms with E-state index in [0.29, 0.717) is 0 Å². The molecule has 0 aromatic rings. The molecule has 0 bridgehead atoms. The van der Waals surface area contributed by atoms with Gasteiger partial charge in [-0.15, -0.1) is 0 Å². The summed E-state index contributed by atoms with van der Waals surface area (Å²) in [5.74, 6) is 0. The van der Waals surface area contributed by atoms with Crippen LogP contribution in [0.5, 0.6) is 0 Å². The summed E-state index contributed by atoms with van der Waals surface area (Å²) in [5, 5.41) is 43.5. The molecule has 0 aliphatic carbocycles. The van der Waals surface area contributed by atoms with E-state index < -0.39 is 31.0 Å². The summed E-state index contributed by atoms with van der Waals surface area (Å²) in [5.41, 5.74) is 0. The van der Waals surface area contributed by atoms with Crippen molar-refractivity contribution in [3.05, 3.63) is 0 Å². The molecule has 0 heterocycles. The Hall–Kier alpha value is 2.15. The van der Waals surface area contributed by atoms with Crippen molar-refractivity contribution in [2.24, 2.45) is 0 Å². The van der Waals surface area contributed by atoms with Crippen LogP contribution in [0.15, 0.2) is 0 Å². The fourth-order valence-electron chi connectivity index (χ4n) is 0.618. The summed E-state index contributed by atoms with van der Waals surface area (Å²) in [7, 11) is 0. The molecule has 0 saturated carbocycles. The van der Waals surface area contributed by atoms with Gasteiger partial charge in [-0.3, -0.25) is 0 Å². The standard InChI is InChI=1S/C6H12O6.Cu.Fe.K/c7-1-3(9)5(11)6(12)4(10)2-8;;;/h1,3-6,8-12H,2H2;;;/t3-,4+,5+,6+;;;/m0.../s1. The normalized spacial score (nSPS) is 16.9. The van der Waals surface area contributed by atoms with Crippen LogP contribution < -0.4 is 0 Å². The molecule has 92 valence electrons. The summed E-state index contributed by atoms with van der Waals surface area (Å²) >= 11 is 0. The molecule has 2 radical (unpaired) electrons. The number of hydrogen-bond acceptors (Lipinski definition) is 6. The first-order valence-electron chi connectivity index (χ1n) is 3.33. The zero-order valence-corrected chi connectivity index (χ0v) is 13.1. The maximum absolute atomic E-state index is 9.90. The number of aldehydes is 1. The second kappa shape index (κ2) is 14.2. The molecule has 5 N–H and O–H groups in total. The third kappa shape index (κ3) is 9.81. The van der Waals surface area contributed by atoms with Crippen molar-refractivity contribution in [2.75, 3.05) is 6.61 Å². The molecule has 0 aromatic heterocycles. The summed E-state index contributed by atoms with van der Waals surface area (Å²) in [4.78, 5) is 9.90. The predicted molar refractivity (Wildman–Crippen MR) is 42.9 cm³/mol. The fourth-order valence-corrected chi connectivity index (χ4v) is 0.618. The summed E-state index contributed by atoms with van der Waals surface area (Å²) < 4.78 is 0. The van der Waals surface area contributed by atoms with E-state index in [1.165, 1.54) is 0 Å². The molecule has 0 aliphatic heterocycles. The number of aliphatic hydroxyl groups is 5. The largest absolute Gasteiger partial charge is 0.394 e. The van der Waals surface area contributed by atoms with Crippen LogP contribution in [0.25, 0.3) is 0 Å². The molecule has 0 amide bonds. The quantitative estimate of drug-likeness (QED) is 0.259. The van der Waals surface area contributed by atoms with E-state index in [-0.39, 0.29) is 91.8 Å². The smallest absolute Gasteiger partial charge is 0.151 e. The van der Waals surface area contributed by atoms with Gasteiger partial charge in [0.15, 0.2) is 6.29 Å². The second-order valence-electron chi connectivity index (χ2n) is 2.36. The van der Waals surface area contributed by atoms with Crippen LogP contribution in [0.4, 0.5) is 0 Å². The van der Waals surface area contributed by atoms with E-state index in [2.05, 4.69) is 0 Å². The molecule has 15 heavy (non-hydrogen) atoms. The van der Waals surface area contributed by atoms with E-state index in [9.17, 15) is 4.79 Å². The van der Waals surface area contributed by atoms with Crippen molar-refractivity contribution in [1.29, 1.82) is 0 Å². The van der Waals surface area contributed by atoms with Gasteiger partial charge in [0.05, 0.1) is 6.61 Å². The molecule has 0 rings (SSSR count). The number of rotatable bonds is 5. The van der Waals surface area contributed by atoms with Gasteiger partial charge in [-0.2, -0.15) is 0 Å². The van der Waals surface area contributed by atoms with Crippen LogP contribution in [0.2, 0.25) is 0 Å². The van der Waals surface area contributed by atoms with Crippen LogP contribution in [0, 0.1) is 0 Å². The average Bonchev–Trinajstić information content (AvgIpc) is 2.12. The van der Waals surface area contributed by atoms with Crippen molar-refractivity contribution in [3.8, 4) is 0 Å². The van der Waals surface area contributed by atoms with Gasteiger partial charge in [0.1, 0.15) is 24.4 Å². The predicted octanol–water partition coefficient (Wildman–Crippen LogP) is -3.76. The first-order chi connectivity index (χ1) is 5.54. The Bertz CT molecular complexity index is 154. The molecule has 0 aromatic carbocycles. The van der Waals surface area contributed by atoms with Gasteiger partial charge in [0.25, 0.3) is 0 Å². The van der Waals surface area contributed by atoms with Crippen LogP contribution >= 0.6 is 0 Å². The molecule has 0 unspecified atom stereocenters. The molecule has 4 atom stereocenters. The zero-order valence-electron chi connectivity index (χ0n) is 7.89. The van der Waals surface area contributed by atoms with Gasteiger partial charge < -0.3 is 30.3 Å². The zero-order chi connectivity index (χ0) is 9.72. The Morgan fingerprint density at radius 3 is 1.73 bits per heavy atom.